The van der Waals surface area contributed by atoms with Crippen molar-refractivity contribution in [1.29, 1.82) is 0 Å². The molecule has 1 heterocycles. The molecule has 0 aliphatic carbocycles. The van der Waals surface area contributed by atoms with E-state index in [0.717, 1.165) is 6.07 Å². The van der Waals surface area contributed by atoms with Crippen LogP contribution in [0.15, 0.2) is 36.4 Å². The number of alkyl halides is 3. The number of hydrogen-bond acceptors (Lipinski definition) is 4. The third-order valence-electron chi connectivity index (χ3n) is 4.37. The van der Waals surface area contributed by atoms with E-state index < -0.39 is 29.7 Å². The maximum Gasteiger partial charge on any atom is 0.416 e. The molecular weight excluding hydrogens is 361 g/mol. The highest BCUT2D eigenvalue weighted by molar-refractivity contribution is 5.97. The van der Waals surface area contributed by atoms with E-state index in [1.54, 1.807) is 24.3 Å². The van der Waals surface area contributed by atoms with Gasteiger partial charge in [-0.25, -0.2) is 4.79 Å². The summed E-state index contributed by atoms with van der Waals surface area (Å²) in [5, 5.41) is 5.62. The highest BCUT2D eigenvalue weighted by atomic mass is 19.4. The third-order valence-corrected chi connectivity index (χ3v) is 4.37. The molecule has 2 aromatic rings. The van der Waals surface area contributed by atoms with Gasteiger partial charge >= 0.3 is 12.1 Å². The Morgan fingerprint density at radius 1 is 1.19 bits per heavy atom. The summed E-state index contributed by atoms with van der Waals surface area (Å²) in [6, 6.07) is 8.36. The molecule has 0 saturated heterocycles. The van der Waals surface area contributed by atoms with Gasteiger partial charge in [-0.1, -0.05) is 12.1 Å². The molecule has 2 aromatic carbocycles. The Morgan fingerprint density at radius 3 is 2.59 bits per heavy atom. The average Bonchev–Trinajstić information content (AvgIpc) is 2.77. The van der Waals surface area contributed by atoms with Gasteiger partial charge in [0.05, 0.1) is 42.1 Å². The first-order chi connectivity index (χ1) is 12.7. The Morgan fingerprint density at radius 2 is 1.93 bits per heavy atom. The number of nitrogens with one attached hydrogen (secondary N) is 2. The van der Waals surface area contributed by atoms with E-state index in [4.69, 9.17) is 4.74 Å². The second-order valence-electron chi connectivity index (χ2n) is 6.28. The fraction of sp³-hybridized carbons (Fsp3) is 0.263. The zero-order chi connectivity index (χ0) is 19.8. The van der Waals surface area contributed by atoms with Crippen molar-refractivity contribution in [1.82, 2.24) is 0 Å². The van der Waals surface area contributed by atoms with E-state index >= 15 is 0 Å². The van der Waals surface area contributed by atoms with Gasteiger partial charge in [0.15, 0.2) is 0 Å². The minimum Gasteiger partial charge on any atom is -0.465 e. The highest BCUT2D eigenvalue weighted by Gasteiger charge is 2.34. The first kappa shape index (κ1) is 18.8. The summed E-state index contributed by atoms with van der Waals surface area (Å²) < 4.78 is 44.1. The summed E-state index contributed by atoms with van der Waals surface area (Å²) in [4.78, 5) is 24.0. The molecule has 27 heavy (non-hydrogen) atoms. The maximum atomic E-state index is 13.1. The van der Waals surface area contributed by atoms with E-state index in [9.17, 15) is 22.8 Å². The molecule has 0 saturated carbocycles. The van der Waals surface area contributed by atoms with E-state index in [0.29, 0.717) is 16.8 Å². The quantitative estimate of drug-likeness (QED) is 0.765. The van der Waals surface area contributed by atoms with Crippen LogP contribution in [-0.4, -0.2) is 19.0 Å². The van der Waals surface area contributed by atoms with Crippen molar-refractivity contribution < 1.29 is 27.5 Å². The van der Waals surface area contributed by atoms with Gasteiger partial charge < -0.3 is 15.4 Å². The van der Waals surface area contributed by atoms with Gasteiger partial charge in [-0.15, -0.1) is 0 Å². The third kappa shape index (κ3) is 3.89. The SMILES string of the molecule is COC(=O)c1cccc(C2CC(=O)Nc3cc(C(F)(F)F)c(C)cc3N2)c1. The van der Waals surface area contributed by atoms with Crippen LogP contribution in [0.2, 0.25) is 0 Å². The number of fused-ring (bicyclic) bond motifs is 1. The smallest absolute Gasteiger partial charge is 0.416 e. The molecule has 1 aliphatic rings. The Labute approximate surface area is 153 Å². The Balaban J connectivity index is 2.00. The van der Waals surface area contributed by atoms with Crippen molar-refractivity contribution in [3.63, 3.8) is 0 Å². The van der Waals surface area contributed by atoms with Gasteiger partial charge in [-0.05, 0) is 42.3 Å². The van der Waals surface area contributed by atoms with Gasteiger partial charge in [0.2, 0.25) is 5.91 Å². The second-order valence-corrected chi connectivity index (χ2v) is 6.28. The lowest BCUT2D eigenvalue weighted by atomic mass is 10.0. The lowest BCUT2D eigenvalue weighted by Crippen LogP contribution is -2.16. The van der Waals surface area contributed by atoms with Crippen molar-refractivity contribution in [3.05, 3.63) is 58.7 Å². The molecule has 1 aliphatic heterocycles. The molecule has 0 radical (unpaired) electrons. The van der Waals surface area contributed by atoms with Gasteiger partial charge in [-0.3, -0.25) is 4.79 Å². The number of hydrogen-bond donors (Lipinski definition) is 2. The van der Waals surface area contributed by atoms with Crippen molar-refractivity contribution >= 4 is 23.3 Å². The molecule has 0 fully saturated rings. The van der Waals surface area contributed by atoms with Gasteiger partial charge in [0, 0.05) is 0 Å². The Bertz CT molecular complexity index is 910. The summed E-state index contributed by atoms with van der Waals surface area (Å²) in [7, 11) is 1.27. The lowest BCUT2D eigenvalue weighted by Gasteiger charge is -2.19. The zero-order valence-corrected chi connectivity index (χ0v) is 14.6. The standard InChI is InChI=1S/C19H17F3N2O3/c1-10-6-15-16(8-13(10)19(20,21)22)24-17(25)9-14(23-15)11-4-3-5-12(7-11)18(26)27-2/h3-8,14,23H,9H2,1-2H3,(H,24,25). The Hall–Kier alpha value is -3.03. The van der Waals surface area contributed by atoms with Crippen LogP contribution in [0, 0.1) is 6.92 Å². The lowest BCUT2D eigenvalue weighted by molar-refractivity contribution is -0.138. The van der Waals surface area contributed by atoms with Crippen LogP contribution < -0.4 is 10.6 Å². The maximum absolute atomic E-state index is 13.1. The molecule has 1 atom stereocenters. The Kier molecular flexibility index (Phi) is 4.82. The van der Waals surface area contributed by atoms with Gasteiger partial charge in [0.1, 0.15) is 0 Å². The fourth-order valence-corrected chi connectivity index (χ4v) is 3.06. The number of methoxy groups -OCH3 is 1. The van der Waals surface area contributed by atoms with Crippen molar-refractivity contribution in [2.75, 3.05) is 17.7 Å². The number of esters is 1. The van der Waals surface area contributed by atoms with Crippen LogP contribution in [0.5, 0.6) is 0 Å². The summed E-state index contributed by atoms with van der Waals surface area (Å²) in [5.41, 5.74) is 0.689. The normalized spacial score (nSPS) is 16.6. The minimum atomic E-state index is -4.51. The number of benzene rings is 2. The molecule has 5 nitrogen and oxygen atoms in total. The van der Waals surface area contributed by atoms with Crippen LogP contribution in [0.4, 0.5) is 24.5 Å². The zero-order valence-electron chi connectivity index (χ0n) is 14.6. The van der Waals surface area contributed by atoms with E-state index in [2.05, 4.69) is 10.6 Å². The molecule has 0 bridgehead atoms. The first-order valence-corrected chi connectivity index (χ1v) is 8.15. The highest BCUT2D eigenvalue weighted by Crippen LogP contribution is 2.39. The molecule has 1 amide bonds. The monoisotopic (exact) mass is 378 g/mol. The minimum absolute atomic E-state index is 0.000293. The number of halogens is 3. The molecule has 8 heteroatoms. The van der Waals surface area contributed by atoms with Crippen molar-refractivity contribution in [2.45, 2.75) is 25.6 Å². The summed E-state index contributed by atoms with van der Waals surface area (Å²) >= 11 is 0. The first-order valence-electron chi connectivity index (χ1n) is 8.15. The van der Waals surface area contributed by atoms with Crippen LogP contribution in [0.25, 0.3) is 0 Å². The largest absolute Gasteiger partial charge is 0.465 e. The molecule has 142 valence electrons. The topological polar surface area (TPSA) is 67.4 Å². The fourth-order valence-electron chi connectivity index (χ4n) is 3.06. The molecular formula is C19H17F3N2O3. The number of anilines is 2. The summed E-state index contributed by atoms with van der Waals surface area (Å²) in [6.07, 6.45) is -4.51. The number of aryl methyl sites for hydroxylation is 1. The second kappa shape index (κ2) is 6.94. The van der Waals surface area contributed by atoms with Crippen LogP contribution in [0.3, 0.4) is 0 Å². The van der Waals surface area contributed by atoms with Gasteiger partial charge in [0.25, 0.3) is 0 Å². The number of amides is 1. The average molecular weight is 378 g/mol. The van der Waals surface area contributed by atoms with Gasteiger partial charge in [-0.2, -0.15) is 13.2 Å². The number of rotatable bonds is 2. The number of carbonyl (C=O) groups excluding carboxylic acids is 2. The van der Waals surface area contributed by atoms with Crippen LogP contribution in [0.1, 0.15) is 39.5 Å². The van der Waals surface area contributed by atoms with E-state index in [1.165, 1.54) is 20.1 Å². The molecule has 0 spiro atoms. The molecule has 3 rings (SSSR count). The summed E-state index contributed by atoms with van der Waals surface area (Å²) in [6.45, 7) is 1.37. The molecule has 1 unspecified atom stereocenters. The number of ether oxygens (including phenoxy) is 1. The predicted octanol–water partition coefficient (Wildman–Crippen LogP) is 4.30. The molecule has 2 N–H and O–H groups in total. The number of carbonyl (C=O) groups is 2. The predicted molar refractivity (Wildman–Crippen MR) is 93.6 cm³/mol. The van der Waals surface area contributed by atoms with E-state index in [1.807, 2.05) is 0 Å². The van der Waals surface area contributed by atoms with Crippen LogP contribution in [-0.2, 0) is 15.7 Å². The van der Waals surface area contributed by atoms with Crippen molar-refractivity contribution in [3.8, 4) is 0 Å². The summed E-state index contributed by atoms with van der Waals surface area (Å²) in [5.74, 6) is -0.937. The van der Waals surface area contributed by atoms with Crippen LogP contribution >= 0.6 is 0 Å². The van der Waals surface area contributed by atoms with E-state index in [-0.39, 0.29) is 17.7 Å². The molecule has 0 aromatic heterocycles. The van der Waals surface area contributed by atoms with Crippen molar-refractivity contribution in [2.24, 2.45) is 0 Å².